The van der Waals surface area contributed by atoms with Crippen molar-refractivity contribution in [2.24, 2.45) is 0 Å². The van der Waals surface area contributed by atoms with Crippen LogP contribution in [0, 0.1) is 20.2 Å². The number of hydrogen-bond donors (Lipinski definition) is 4. The van der Waals surface area contributed by atoms with Crippen molar-refractivity contribution in [3.8, 4) is 0 Å². The van der Waals surface area contributed by atoms with E-state index in [-0.39, 0.29) is 6.61 Å². The molecule has 4 N–H and O–H groups in total. The van der Waals surface area contributed by atoms with Crippen molar-refractivity contribution in [3.63, 3.8) is 0 Å². The lowest BCUT2D eigenvalue weighted by Gasteiger charge is -1.97. The van der Waals surface area contributed by atoms with E-state index in [0.29, 0.717) is 6.42 Å². The Kier molecular flexibility index (Phi) is 18.0. The highest BCUT2D eigenvalue weighted by Crippen LogP contribution is 1.83. The monoisotopic (exact) mass is 216 g/mol. The molecule has 0 aromatic heterocycles. The predicted molar refractivity (Wildman–Crippen MR) is 40.9 cm³/mol. The molecule has 0 fully saturated rings. The van der Waals surface area contributed by atoms with Gasteiger partial charge in [0.25, 0.3) is 10.2 Å². The summed E-state index contributed by atoms with van der Waals surface area (Å²) in [6.45, 7) is 1.71. The number of rotatable bonds is 2. The fourth-order valence-corrected chi connectivity index (χ4v) is 0.129. The molecule has 0 bridgehead atoms. The van der Waals surface area contributed by atoms with E-state index in [1.165, 1.54) is 0 Å². The Morgan fingerprint density at radius 3 is 1.43 bits per heavy atom. The van der Waals surface area contributed by atoms with Crippen molar-refractivity contribution in [2.45, 2.75) is 19.4 Å². The van der Waals surface area contributed by atoms with Crippen molar-refractivity contribution in [2.75, 3.05) is 6.61 Å². The van der Waals surface area contributed by atoms with Crippen molar-refractivity contribution in [1.29, 1.82) is 0 Å². The highest BCUT2D eigenvalue weighted by Gasteiger charge is 1.92. The van der Waals surface area contributed by atoms with Gasteiger partial charge in [-0.2, -0.15) is 0 Å². The lowest BCUT2D eigenvalue weighted by Crippen LogP contribution is -2.08. The topological polar surface area (TPSA) is 167 Å². The zero-order chi connectivity index (χ0) is 12.1. The molecule has 0 amide bonds. The molecule has 0 spiro atoms. The van der Waals surface area contributed by atoms with Crippen LogP contribution in [-0.2, 0) is 0 Å². The van der Waals surface area contributed by atoms with Crippen LogP contribution in [0.4, 0.5) is 0 Å². The zero-order valence-corrected chi connectivity index (χ0v) is 7.31. The van der Waals surface area contributed by atoms with Crippen LogP contribution in [0.1, 0.15) is 13.3 Å². The van der Waals surface area contributed by atoms with Gasteiger partial charge in [-0.05, 0) is 6.42 Å². The Morgan fingerprint density at radius 1 is 1.21 bits per heavy atom. The van der Waals surface area contributed by atoms with E-state index >= 15 is 0 Å². The first-order chi connectivity index (χ1) is 6.27. The second-order valence-corrected chi connectivity index (χ2v) is 1.72. The number of nitrogens with zero attached hydrogens (tertiary/aromatic N) is 2. The van der Waals surface area contributed by atoms with Gasteiger partial charge >= 0.3 is 0 Å². The number of aliphatic hydroxyl groups is 2. The molecular formula is C4H12N2O8. The molecule has 0 aromatic rings. The van der Waals surface area contributed by atoms with Crippen LogP contribution < -0.4 is 0 Å². The molecule has 10 nitrogen and oxygen atoms in total. The van der Waals surface area contributed by atoms with Crippen molar-refractivity contribution in [3.05, 3.63) is 20.2 Å². The summed E-state index contributed by atoms with van der Waals surface area (Å²) in [5.41, 5.74) is 0. The van der Waals surface area contributed by atoms with Crippen LogP contribution in [0.3, 0.4) is 0 Å². The summed E-state index contributed by atoms with van der Waals surface area (Å²) >= 11 is 0. The molecule has 0 saturated heterocycles. The lowest BCUT2D eigenvalue weighted by molar-refractivity contribution is -0.742. The van der Waals surface area contributed by atoms with Gasteiger partial charge in [0.15, 0.2) is 0 Å². The molecule has 0 heterocycles. The summed E-state index contributed by atoms with van der Waals surface area (Å²) in [6.07, 6.45) is 0.126. The lowest BCUT2D eigenvalue weighted by atomic mass is 10.3. The summed E-state index contributed by atoms with van der Waals surface area (Å²) in [6, 6.07) is 0. The predicted octanol–water partition coefficient (Wildman–Crippen LogP) is -0.946. The zero-order valence-electron chi connectivity index (χ0n) is 7.31. The maximum atomic E-state index is 8.42. The van der Waals surface area contributed by atoms with Crippen molar-refractivity contribution >= 4 is 0 Å². The smallest absolute Gasteiger partial charge is 0.291 e. The molecule has 0 aromatic carbocycles. The third-order valence-electron chi connectivity index (χ3n) is 0.682. The van der Waals surface area contributed by atoms with Gasteiger partial charge in [0.1, 0.15) is 0 Å². The third kappa shape index (κ3) is 167. The molecule has 1 atom stereocenters. The van der Waals surface area contributed by atoms with Crippen LogP contribution in [0.15, 0.2) is 0 Å². The van der Waals surface area contributed by atoms with E-state index < -0.39 is 16.3 Å². The standard InChI is InChI=1S/C4H10O2.2HNO3/c1-2-4(6)3-5;2*2-1(3)4/h4-6H,2-3H2,1H3;2*(H,2,3,4). The molecular weight excluding hydrogens is 204 g/mol. The Bertz CT molecular complexity index is 126. The molecule has 86 valence electrons. The van der Waals surface area contributed by atoms with E-state index in [2.05, 4.69) is 0 Å². The average Bonchev–Trinajstić information content (AvgIpc) is 2.01. The first kappa shape index (κ1) is 18.2. The van der Waals surface area contributed by atoms with Crippen LogP contribution >= 0.6 is 0 Å². The first-order valence-corrected chi connectivity index (χ1v) is 3.23. The molecule has 0 saturated carbocycles. The van der Waals surface area contributed by atoms with Gasteiger partial charge in [-0.25, -0.2) is 0 Å². The van der Waals surface area contributed by atoms with Gasteiger partial charge in [-0.15, -0.1) is 20.2 Å². The van der Waals surface area contributed by atoms with Gasteiger partial charge in [0, 0.05) is 0 Å². The molecule has 10 heteroatoms. The van der Waals surface area contributed by atoms with Gasteiger partial charge in [0.2, 0.25) is 0 Å². The Hall–Kier alpha value is -1.68. The molecule has 0 aliphatic heterocycles. The minimum absolute atomic E-state index is 0.115. The molecule has 0 radical (unpaired) electrons. The molecule has 1 unspecified atom stereocenters. The fourth-order valence-electron chi connectivity index (χ4n) is 0.129. The van der Waals surface area contributed by atoms with Gasteiger partial charge in [-0.1, -0.05) is 6.92 Å². The van der Waals surface area contributed by atoms with Crippen molar-refractivity contribution in [1.82, 2.24) is 0 Å². The Balaban J connectivity index is -0.000000135. The Morgan fingerprint density at radius 2 is 1.43 bits per heavy atom. The molecule has 0 aliphatic carbocycles. The molecule has 14 heavy (non-hydrogen) atoms. The minimum Gasteiger partial charge on any atom is -0.394 e. The maximum Gasteiger partial charge on any atom is 0.291 e. The minimum atomic E-state index is -1.50. The molecule has 0 aliphatic rings. The fraction of sp³-hybridized carbons (Fsp3) is 1.00. The number of aliphatic hydroxyl groups excluding tert-OH is 2. The normalized spacial score (nSPS) is 9.64. The maximum absolute atomic E-state index is 8.42. The average molecular weight is 216 g/mol. The van der Waals surface area contributed by atoms with Gasteiger partial charge in [0.05, 0.1) is 12.7 Å². The summed E-state index contributed by atoms with van der Waals surface area (Å²) in [4.78, 5) is 16.7. The quantitative estimate of drug-likeness (QED) is 0.338. The molecule has 0 rings (SSSR count). The summed E-state index contributed by atoms with van der Waals surface area (Å²) in [5, 5.41) is 43.8. The van der Waals surface area contributed by atoms with Gasteiger partial charge in [-0.3, -0.25) is 0 Å². The largest absolute Gasteiger partial charge is 0.394 e. The third-order valence-corrected chi connectivity index (χ3v) is 0.682. The number of hydrogen-bond acceptors (Lipinski definition) is 6. The SMILES string of the molecule is CCC(O)CO.O=[N+]([O-])O.O=[N+]([O-])O. The summed E-state index contributed by atoms with van der Waals surface area (Å²) in [7, 11) is 0. The summed E-state index contributed by atoms with van der Waals surface area (Å²) < 4.78 is 0. The highest BCUT2D eigenvalue weighted by atomic mass is 16.9. The van der Waals surface area contributed by atoms with Crippen molar-refractivity contribution < 1.29 is 30.8 Å². The second-order valence-electron chi connectivity index (χ2n) is 1.72. The summed E-state index contributed by atoms with van der Waals surface area (Å²) in [5.74, 6) is 0. The van der Waals surface area contributed by atoms with Crippen LogP contribution in [0.25, 0.3) is 0 Å². The van der Waals surface area contributed by atoms with E-state index in [9.17, 15) is 0 Å². The van der Waals surface area contributed by atoms with Crippen LogP contribution in [0.5, 0.6) is 0 Å². The van der Waals surface area contributed by atoms with Crippen LogP contribution in [0.2, 0.25) is 0 Å². The highest BCUT2D eigenvalue weighted by molar-refractivity contribution is 4.43. The van der Waals surface area contributed by atoms with E-state index in [1.807, 2.05) is 6.92 Å². The Labute approximate surface area is 78.2 Å². The van der Waals surface area contributed by atoms with E-state index in [1.54, 1.807) is 0 Å². The van der Waals surface area contributed by atoms with E-state index in [4.69, 9.17) is 40.9 Å². The second kappa shape index (κ2) is 13.9. The van der Waals surface area contributed by atoms with E-state index in [0.717, 1.165) is 0 Å². The van der Waals surface area contributed by atoms with Gasteiger partial charge < -0.3 is 20.6 Å². The first-order valence-electron chi connectivity index (χ1n) is 3.23. The van der Waals surface area contributed by atoms with Crippen LogP contribution in [-0.4, -0.2) is 43.5 Å².